The fourth-order valence-electron chi connectivity index (χ4n) is 1.16. The molecule has 0 heterocycles. The van der Waals surface area contributed by atoms with Crippen molar-refractivity contribution in [2.24, 2.45) is 5.92 Å². The van der Waals surface area contributed by atoms with Gasteiger partial charge in [0.15, 0.2) is 0 Å². The molecule has 86 valence electrons. The molecule has 2 atom stereocenters. The van der Waals surface area contributed by atoms with Crippen molar-refractivity contribution in [3.8, 4) is 0 Å². The highest BCUT2D eigenvalue weighted by Crippen LogP contribution is 2.09. The molecule has 0 amide bonds. The van der Waals surface area contributed by atoms with E-state index in [-0.39, 0.29) is 12.1 Å². The minimum Gasteiger partial charge on any atom is -0.463 e. The molecule has 0 saturated carbocycles. The fraction of sp³-hybridized carbons (Fsp3) is 0.615. The lowest BCUT2D eigenvalue weighted by molar-refractivity contribution is -0.148. The van der Waals surface area contributed by atoms with Gasteiger partial charge >= 0.3 is 5.97 Å². The molecule has 15 heavy (non-hydrogen) atoms. The Morgan fingerprint density at radius 2 is 2.00 bits per heavy atom. The topological polar surface area (TPSA) is 26.3 Å². The SMILES string of the molecule is C=CCCC(C)OC(=O)CCC(C)C=C. The molecular formula is C13H22O2. The highest BCUT2D eigenvalue weighted by molar-refractivity contribution is 5.69. The minimum atomic E-state index is -0.111. The zero-order chi connectivity index (χ0) is 11.7. The first-order chi connectivity index (χ1) is 7.10. The first-order valence-electron chi connectivity index (χ1n) is 5.53. The number of carbonyl (C=O) groups excluding carboxylic acids is 1. The fourth-order valence-corrected chi connectivity index (χ4v) is 1.16. The van der Waals surface area contributed by atoms with Crippen molar-refractivity contribution in [1.82, 2.24) is 0 Å². The van der Waals surface area contributed by atoms with Gasteiger partial charge in [0.05, 0.1) is 6.10 Å². The van der Waals surface area contributed by atoms with Gasteiger partial charge in [-0.15, -0.1) is 13.2 Å². The zero-order valence-corrected chi connectivity index (χ0v) is 9.87. The molecule has 0 aromatic carbocycles. The van der Waals surface area contributed by atoms with Gasteiger partial charge < -0.3 is 4.74 Å². The summed E-state index contributed by atoms with van der Waals surface area (Å²) in [5.74, 6) is 0.265. The van der Waals surface area contributed by atoms with E-state index in [9.17, 15) is 4.79 Å². The number of esters is 1. The van der Waals surface area contributed by atoms with Crippen molar-refractivity contribution in [3.05, 3.63) is 25.3 Å². The Hall–Kier alpha value is -1.05. The van der Waals surface area contributed by atoms with E-state index in [4.69, 9.17) is 4.74 Å². The lowest BCUT2D eigenvalue weighted by atomic mass is 10.1. The van der Waals surface area contributed by atoms with E-state index in [1.54, 1.807) is 0 Å². The van der Waals surface area contributed by atoms with E-state index in [0.29, 0.717) is 12.3 Å². The normalized spacial score (nSPS) is 14.0. The van der Waals surface area contributed by atoms with Crippen molar-refractivity contribution in [2.45, 2.75) is 45.6 Å². The van der Waals surface area contributed by atoms with Gasteiger partial charge in [0, 0.05) is 6.42 Å². The molecular weight excluding hydrogens is 188 g/mol. The average molecular weight is 210 g/mol. The molecule has 2 nitrogen and oxygen atoms in total. The molecule has 0 bridgehead atoms. The van der Waals surface area contributed by atoms with Crippen LogP contribution in [0, 0.1) is 5.92 Å². The molecule has 0 aromatic rings. The molecule has 2 unspecified atom stereocenters. The lowest BCUT2D eigenvalue weighted by Crippen LogP contribution is -2.15. The van der Waals surface area contributed by atoms with Crippen LogP contribution in [0.25, 0.3) is 0 Å². The van der Waals surface area contributed by atoms with Gasteiger partial charge in [-0.3, -0.25) is 4.79 Å². The van der Waals surface area contributed by atoms with E-state index in [0.717, 1.165) is 19.3 Å². The van der Waals surface area contributed by atoms with E-state index in [2.05, 4.69) is 13.2 Å². The number of rotatable bonds is 8. The summed E-state index contributed by atoms with van der Waals surface area (Å²) in [4.78, 5) is 11.4. The summed E-state index contributed by atoms with van der Waals surface area (Å²) >= 11 is 0. The van der Waals surface area contributed by atoms with Crippen LogP contribution in [0.1, 0.15) is 39.5 Å². The minimum absolute atomic E-state index is 0.00506. The Balaban J connectivity index is 3.63. The van der Waals surface area contributed by atoms with Gasteiger partial charge in [0.25, 0.3) is 0 Å². The summed E-state index contributed by atoms with van der Waals surface area (Å²) in [6, 6.07) is 0. The molecule has 0 aliphatic carbocycles. The summed E-state index contributed by atoms with van der Waals surface area (Å²) in [5, 5.41) is 0. The lowest BCUT2D eigenvalue weighted by Gasteiger charge is -2.12. The zero-order valence-electron chi connectivity index (χ0n) is 9.87. The Labute approximate surface area is 93.0 Å². The highest BCUT2D eigenvalue weighted by atomic mass is 16.5. The maximum Gasteiger partial charge on any atom is 0.306 e. The van der Waals surface area contributed by atoms with Crippen LogP contribution in [-0.4, -0.2) is 12.1 Å². The quantitative estimate of drug-likeness (QED) is 0.453. The maximum atomic E-state index is 11.4. The van der Waals surface area contributed by atoms with Crippen LogP contribution in [0.5, 0.6) is 0 Å². The van der Waals surface area contributed by atoms with Crippen molar-refractivity contribution in [2.75, 3.05) is 0 Å². The molecule has 0 rings (SSSR count). The van der Waals surface area contributed by atoms with Crippen LogP contribution in [0.3, 0.4) is 0 Å². The molecule has 0 aliphatic rings. The number of ether oxygens (including phenoxy) is 1. The summed E-state index contributed by atoms with van der Waals surface area (Å²) in [6.45, 7) is 11.3. The van der Waals surface area contributed by atoms with Crippen LogP contribution in [-0.2, 0) is 9.53 Å². The molecule has 0 aliphatic heterocycles. The van der Waals surface area contributed by atoms with E-state index in [1.165, 1.54) is 0 Å². The predicted octanol–water partition coefficient (Wildman–Crippen LogP) is 3.49. The van der Waals surface area contributed by atoms with Crippen LogP contribution in [0.15, 0.2) is 25.3 Å². The van der Waals surface area contributed by atoms with Gasteiger partial charge in [0.2, 0.25) is 0 Å². The van der Waals surface area contributed by atoms with Gasteiger partial charge in [0.1, 0.15) is 0 Å². The average Bonchev–Trinajstić information content (AvgIpc) is 2.22. The summed E-state index contributed by atoms with van der Waals surface area (Å²) in [7, 11) is 0. The Morgan fingerprint density at radius 1 is 1.33 bits per heavy atom. The number of carbonyl (C=O) groups is 1. The van der Waals surface area contributed by atoms with Crippen LogP contribution >= 0.6 is 0 Å². The molecule has 0 N–H and O–H groups in total. The second-order valence-electron chi connectivity index (χ2n) is 3.92. The van der Waals surface area contributed by atoms with E-state index >= 15 is 0 Å². The number of hydrogen-bond acceptors (Lipinski definition) is 2. The van der Waals surface area contributed by atoms with Crippen LogP contribution in [0.2, 0.25) is 0 Å². The molecule has 0 spiro atoms. The molecule has 0 radical (unpaired) electrons. The summed E-state index contributed by atoms with van der Waals surface area (Å²) in [6.07, 6.45) is 6.72. The summed E-state index contributed by atoms with van der Waals surface area (Å²) < 4.78 is 5.23. The maximum absolute atomic E-state index is 11.4. The standard InChI is InChI=1S/C13H22O2/c1-5-7-8-12(4)15-13(14)10-9-11(3)6-2/h5-6,11-12H,1-2,7-10H2,3-4H3. The van der Waals surface area contributed by atoms with Crippen LogP contribution in [0.4, 0.5) is 0 Å². The van der Waals surface area contributed by atoms with Crippen molar-refractivity contribution < 1.29 is 9.53 Å². The predicted molar refractivity (Wildman–Crippen MR) is 63.6 cm³/mol. The first-order valence-corrected chi connectivity index (χ1v) is 5.53. The van der Waals surface area contributed by atoms with Gasteiger partial charge in [-0.25, -0.2) is 0 Å². The van der Waals surface area contributed by atoms with Gasteiger partial charge in [-0.05, 0) is 32.1 Å². The Kier molecular flexibility index (Phi) is 7.69. The Bertz CT molecular complexity index is 209. The van der Waals surface area contributed by atoms with Crippen molar-refractivity contribution >= 4 is 5.97 Å². The van der Waals surface area contributed by atoms with Gasteiger partial charge in [-0.1, -0.05) is 19.1 Å². The second kappa shape index (κ2) is 8.27. The second-order valence-corrected chi connectivity index (χ2v) is 3.92. The highest BCUT2D eigenvalue weighted by Gasteiger charge is 2.09. The largest absolute Gasteiger partial charge is 0.463 e. The molecule has 0 saturated heterocycles. The Morgan fingerprint density at radius 3 is 2.53 bits per heavy atom. The van der Waals surface area contributed by atoms with Crippen LogP contribution < -0.4 is 0 Å². The molecule has 0 aromatic heterocycles. The molecule has 0 fully saturated rings. The van der Waals surface area contributed by atoms with Crippen molar-refractivity contribution in [3.63, 3.8) is 0 Å². The van der Waals surface area contributed by atoms with Gasteiger partial charge in [-0.2, -0.15) is 0 Å². The third-order valence-corrected chi connectivity index (χ3v) is 2.32. The number of hydrogen-bond donors (Lipinski definition) is 0. The third kappa shape index (κ3) is 7.98. The van der Waals surface area contributed by atoms with Crippen molar-refractivity contribution in [1.29, 1.82) is 0 Å². The third-order valence-electron chi connectivity index (χ3n) is 2.32. The summed E-state index contributed by atoms with van der Waals surface area (Å²) in [5.41, 5.74) is 0. The van der Waals surface area contributed by atoms with E-state index < -0.39 is 0 Å². The first kappa shape index (κ1) is 13.9. The van der Waals surface area contributed by atoms with E-state index in [1.807, 2.05) is 26.0 Å². The molecule has 2 heteroatoms. The number of allylic oxidation sites excluding steroid dienone is 2. The smallest absolute Gasteiger partial charge is 0.306 e. The monoisotopic (exact) mass is 210 g/mol.